The molecule has 3 rings (SSSR count). The van der Waals surface area contributed by atoms with Gasteiger partial charge in [-0.1, -0.05) is 20.8 Å². The third-order valence-electron chi connectivity index (χ3n) is 4.89. The smallest absolute Gasteiger partial charge is 0.125 e. The van der Waals surface area contributed by atoms with E-state index in [1.54, 1.807) is 12.1 Å². The quantitative estimate of drug-likeness (QED) is 0.903. The van der Waals surface area contributed by atoms with Gasteiger partial charge in [-0.15, -0.1) is 0 Å². The third kappa shape index (κ3) is 3.76. The summed E-state index contributed by atoms with van der Waals surface area (Å²) in [6, 6.07) is 6.17. The zero-order valence-electron chi connectivity index (χ0n) is 13.5. The summed E-state index contributed by atoms with van der Waals surface area (Å²) in [5.41, 5.74) is 2.45. The van der Waals surface area contributed by atoms with E-state index in [0.717, 1.165) is 30.9 Å². The van der Waals surface area contributed by atoms with Crippen LogP contribution in [0.15, 0.2) is 18.2 Å². The van der Waals surface area contributed by atoms with Crippen LogP contribution in [0, 0.1) is 17.2 Å². The highest BCUT2D eigenvalue weighted by Gasteiger charge is 2.32. The fourth-order valence-corrected chi connectivity index (χ4v) is 3.17. The Morgan fingerprint density at radius 3 is 2.57 bits per heavy atom. The molecule has 1 N–H and O–H groups in total. The van der Waals surface area contributed by atoms with E-state index in [2.05, 4.69) is 37.1 Å². The Hall–Kier alpha value is -1.09. The number of nitrogens with zero attached hydrogens (tertiary/aromatic N) is 1. The molecule has 2 aliphatic rings. The van der Waals surface area contributed by atoms with Crippen LogP contribution in [0.2, 0.25) is 0 Å². The second-order valence-electron chi connectivity index (χ2n) is 7.77. The van der Waals surface area contributed by atoms with Crippen LogP contribution in [-0.2, 0) is 6.54 Å². The van der Waals surface area contributed by atoms with Gasteiger partial charge in [0.05, 0.1) is 0 Å². The van der Waals surface area contributed by atoms with Gasteiger partial charge in [0.15, 0.2) is 0 Å². The van der Waals surface area contributed by atoms with Gasteiger partial charge in [-0.3, -0.25) is 0 Å². The molecule has 116 valence electrons. The molecule has 2 fully saturated rings. The summed E-state index contributed by atoms with van der Waals surface area (Å²) in [5, 5.41) is 3.47. The van der Waals surface area contributed by atoms with Crippen LogP contribution in [0.4, 0.5) is 10.1 Å². The van der Waals surface area contributed by atoms with Crippen molar-refractivity contribution in [2.24, 2.45) is 11.3 Å². The van der Waals surface area contributed by atoms with Crippen molar-refractivity contribution in [1.29, 1.82) is 0 Å². The normalized spacial score (nSPS) is 22.9. The van der Waals surface area contributed by atoms with E-state index in [4.69, 9.17) is 0 Å². The minimum absolute atomic E-state index is 0.112. The van der Waals surface area contributed by atoms with Crippen LogP contribution in [0.1, 0.15) is 45.6 Å². The van der Waals surface area contributed by atoms with Crippen molar-refractivity contribution in [3.8, 4) is 0 Å². The second-order valence-corrected chi connectivity index (χ2v) is 7.77. The Bertz CT molecular complexity index is 502. The van der Waals surface area contributed by atoms with E-state index in [1.807, 2.05) is 0 Å². The second kappa shape index (κ2) is 5.60. The number of rotatable bonds is 4. The molecule has 1 aromatic rings. The Morgan fingerprint density at radius 2 is 1.95 bits per heavy atom. The standard InChI is InChI=1S/C18H27FN2/c1-18(2,3)14-6-7-21(12-14)17-9-13(8-15(19)10-17)11-20-16-4-5-16/h8-10,14,16,20H,4-7,11-12H2,1-3H3. The summed E-state index contributed by atoms with van der Waals surface area (Å²) >= 11 is 0. The maximum absolute atomic E-state index is 13.9. The van der Waals surface area contributed by atoms with Gasteiger partial charge >= 0.3 is 0 Å². The number of hydrogen-bond donors (Lipinski definition) is 1. The Balaban J connectivity index is 1.69. The topological polar surface area (TPSA) is 15.3 Å². The number of benzene rings is 1. The van der Waals surface area contributed by atoms with Crippen LogP contribution in [-0.4, -0.2) is 19.1 Å². The Morgan fingerprint density at radius 1 is 1.19 bits per heavy atom. The van der Waals surface area contributed by atoms with Crippen molar-refractivity contribution in [1.82, 2.24) is 5.32 Å². The average molecular weight is 290 g/mol. The molecule has 0 bridgehead atoms. The van der Waals surface area contributed by atoms with Gasteiger partial charge in [0.25, 0.3) is 0 Å². The maximum Gasteiger partial charge on any atom is 0.125 e. The Kier molecular flexibility index (Phi) is 3.96. The van der Waals surface area contributed by atoms with Gasteiger partial charge in [-0.05, 0) is 54.4 Å². The van der Waals surface area contributed by atoms with Crippen molar-refractivity contribution in [3.63, 3.8) is 0 Å². The lowest BCUT2D eigenvalue weighted by Gasteiger charge is -2.27. The van der Waals surface area contributed by atoms with Crippen molar-refractivity contribution in [2.75, 3.05) is 18.0 Å². The lowest BCUT2D eigenvalue weighted by Crippen LogP contribution is -2.26. The summed E-state index contributed by atoms with van der Waals surface area (Å²) in [7, 11) is 0. The molecule has 1 heterocycles. The highest BCUT2D eigenvalue weighted by atomic mass is 19.1. The first-order valence-corrected chi connectivity index (χ1v) is 8.19. The lowest BCUT2D eigenvalue weighted by molar-refractivity contribution is 0.263. The van der Waals surface area contributed by atoms with Gasteiger partial charge in [0.2, 0.25) is 0 Å². The largest absolute Gasteiger partial charge is 0.371 e. The average Bonchev–Trinajstić information content (AvgIpc) is 3.08. The number of anilines is 1. The molecular weight excluding hydrogens is 263 g/mol. The minimum Gasteiger partial charge on any atom is -0.371 e. The van der Waals surface area contributed by atoms with E-state index in [0.29, 0.717) is 17.4 Å². The molecule has 1 unspecified atom stereocenters. The zero-order chi connectivity index (χ0) is 15.0. The fraction of sp³-hybridized carbons (Fsp3) is 0.667. The third-order valence-corrected chi connectivity index (χ3v) is 4.89. The number of halogens is 1. The molecule has 0 radical (unpaired) electrons. The van der Waals surface area contributed by atoms with Crippen LogP contribution in [0.5, 0.6) is 0 Å². The fourth-order valence-electron chi connectivity index (χ4n) is 3.17. The van der Waals surface area contributed by atoms with Crippen LogP contribution in [0.3, 0.4) is 0 Å². The molecule has 1 aromatic carbocycles. The van der Waals surface area contributed by atoms with E-state index >= 15 is 0 Å². The number of hydrogen-bond acceptors (Lipinski definition) is 2. The van der Waals surface area contributed by atoms with Gasteiger partial charge in [0.1, 0.15) is 5.82 Å². The van der Waals surface area contributed by atoms with Gasteiger partial charge in [0, 0.05) is 31.4 Å². The summed E-state index contributed by atoms with van der Waals surface area (Å²) in [6.07, 6.45) is 3.73. The maximum atomic E-state index is 13.9. The molecule has 2 nitrogen and oxygen atoms in total. The predicted octanol–water partition coefficient (Wildman–Crippen LogP) is 3.95. The Labute approximate surface area is 127 Å². The van der Waals surface area contributed by atoms with Crippen molar-refractivity contribution in [2.45, 2.75) is 52.6 Å². The van der Waals surface area contributed by atoms with Crippen LogP contribution in [0.25, 0.3) is 0 Å². The molecule has 0 spiro atoms. The summed E-state index contributed by atoms with van der Waals surface area (Å²) in [4.78, 5) is 2.35. The van der Waals surface area contributed by atoms with E-state index < -0.39 is 0 Å². The summed E-state index contributed by atoms with van der Waals surface area (Å²) in [5.74, 6) is 0.577. The highest BCUT2D eigenvalue weighted by Crippen LogP contribution is 2.36. The summed E-state index contributed by atoms with van der Waals surface area (Å²) in [6.45, 7) is 9.78. The zero-order valence-corrected chi connectivity index (χ0v) is 13.5. The SMILES string of the molecule is CC(C)(C)C1CCN(c2cc(F)cc(CNC3CC3)c2)C1. The van der Waals surface area contributed by atoms with Gasteiger partial charge in [-0.25, -0.2) is 4.39 Å². The molecule has 21 heavy (non-hydrogen) atoms. The first kappa shape index (κ1) is 14.8. The first-order valence-electron chi connectivity index (χ1n) is 8.19. The highest BCUT2D eigenvalue weighted by molar-refractivity contribution is 5.50. The first-order chi connectivity index (χ1) is 9.91. The van der Waals surface area contributed by atoms with Crippen molar-refractivity contribution >= 4 is 5.69 Å². The number of nitrogens with one attached hydrogen (secondary N) is 1. The molecule has 0 aromatic heterocycles. The van der Waals surface area contributed by atoms with Crippen LogP contribution >= 0.6 is 0 Å². The molecular formula is C18H27FN2. The molecule has 3 heteroatoms. The van der Waals surface area contributed by atoms with Crippen molar-refractivity contribution < 1.29 is 4.39 Å². The van der Waals surface area contributed by atoms with Gasteiger partial charge in [-0.2, -0.15) is 0 Å². The predicted molar refractivity (Wildman–Crippen MR) is 86.0 cm³/mol. The molecule has 0 amide bonds. The molecule has 1 atom stereocenters. The van der Waals surface area contributed by atoms with Crippen LogP contribution < -0.4 is 10.2 Å². The molecule has 1 aliphatic heterocycles. The monoisotopic (exact) mass is 290 g/mol. The van der Waals surface area contributed by atoms with E-state index in [9.17, 15) is 4.39 Å². The molecule has 1 saturated heterocycles. The minimum atomic E-state index is -0.112. The molecule has 1 saturated carbocycles. The summed E-state index contributed by atoms with van der Waals surface area (Å²) < 4.78 is 13.9. The van der Waals surface area contributed by atoms with Gasteiger partial charge < -0.3 is 10.2 Å². The van der Waals surface area contributed by atoms with E-state index in [1.165, 1.54) is 19.3 Å². The lowest BCUT2D eigenvalue weighted by atomic mass is 9.80. The van der Waals surface area contributed by atoms with Crippen molar-refractivity contribution in [3.05, 3.63) is 29.6 Å². The molecule has 1 aliphatic carbocycles. The van der Waals surface area contributed by atoms with E-state index in [-0.39, 0.29) is 5.82 Å².